The lowest BCUT2D eigenvalue weighted by Crippen LogP contribution is -2.39. The lowest BCUT2D eigenvalue weighted by molar-refractivity contribution is -0.148. The first-order valence-corrected chi connectivity index (χ1v) is 9.50. The van der Waals surface area contributed by atoms with Crippen LogP contribution in [0.3, 0.4) is 0 Å². The van der Waals surface area contributed by atoms with Gasteiger partial charge in [0.05, 0.1) is 11.8 Å². The molecule has 27 heavy (non-hydrogen) atoms. The number of aromatic amines is 1. The molecule has 2 aromatic heterocycles. The fourth-order valence-corrected chi connectivity index (χ4v) is 4.27. The Morgan fingerprint density at radius 1 is 1.26 bits per heavy atom. The van der Waals surface area contributed by atoms with Gasteiger partial charge >= 0.3 is 12.0 Å². The number of hydrogen-bond acceptors (Lipinski definition) is 7. The number of carbonyl (C=O) groups excluding carboxylic acids is 3. The molecule has 0 saturated heterocycles. The molecule has 3 amide bonds. The molecule has 0 atom stereocenters. The number of aryl methyl sites for hydroxylation is 3. The summed E-state index contributed by atoms with van der Waals surface area (Å²) in [6, 6.07) is -0.676. The van der Waals surface area contributed by atoms with Crippen LogP contribution in [0.15, 0.2) is 4.79 Å². The number of carbonyl (C=O) groups is 3. The summed E-state index contributed by atoms with van der Waals surface area (Å²) < 4.78 is 4.81. The molecule has 2 heterocycles. The SMILES string of the molecule is CNC(=O)NC(=O)COC(=O)CCc1nc2sc3c(c2c(=O)[nH]1)CCCC3. The lowest BCUT2D eigenvalue weighted by atomic mass is 9.97. The summed E-state index contributed by atoms with van der Waals surface area (Å²) in [5.74, 6) is -0.923. The van der Waals surface area contributed by atoms with Gasteiger partial charge in [-0.1, -0.05) is 0 Å². The summed E-state index contributed by atoms with van der Waals surface area (Å²) in [5, 5.41) is 4.87. The van der Waals surface area contributed by atoms with Crippen molar-refractivity contribution in [2.45, 2.75) is 38.5 Å². The minimum Gasteiger partial charge on any atom is -0.456 e. The molecule has 3 N–H and O–H groups in total. The molecule has 1 aliphatic rings. The average Bonchev–Trinajstić information content (AvgIpc) is 3.03. The van der Waals surface area contributed by atoms with Crippen molar-refractivity contribution in [2.24, 2.45) is 0 Å². The standard InChI is InChI=1S/C17H20N4O5S/c1-18-17(25)21-12(22)8-26-13(23)7-6-11-19-15(24)14-9-4-2-3-5-10(9)27-16(14)20-11/h2-8H2,1H3,(H,19,20,24)(H2,18,21,22,25). The highest BCUT2D eigenvalue weighted by Crippen LogP contribution is 2.33. The predicted octanol–water partition coefficient (Wildman–Crippen LogP) is 0.795. The molecule has 10 heteroatoms. The van der Waals surface area contributed by atoms with Gasteiger partial charge in [0.1, 0.15) is 10.7 Å². The van der Waals surface area contributed by atoms with Crippen LogP contribution in [0.25, 0.3) is 10.2 Å². The number of imide groups is 1. The van der Waals surface area contributed by atoms with E-state index in [4.69, 9.17) is 4.74 Å². The topological polar surface area (TPSA) is 130 Å². The van der Waals surface area contributed by atoms with E-state index in [9.17, 15) is 19.2 Å². The van der Waals surface area contributed by atoms with E-state index in [1.807, 2.05) is 5.32 Å². The Balaban J connectivity index is 1.59. The van der Waals surface area contributed by atoms with Crippen molar-refractivity contribution in [1.82, 2.24) is 20.6 Å². The third-order valence-electron chi connectivity index (χ3n) is 4.28. The van der Waals surface area contributed by atoms with Crippen molar-refractivity contribution in [3.63, 3.8) is 0 Å². The molecule has 0 aromatic carbocycles. The Morgan fingerprint density at radius 3 is 2.81 bits per heavy atom. The van der Waals surface area contributed by atoms with E-state index in [0.29, 0.717) is 16.0 Å². The summed E-state index contributed by atoms with van der Waals surface area (Å²) in [4.78, 5) is 55.7. The molecule has 0 saturated carbocycles. The van der Waals surface area contributed by atoms with Gasteiger partial charge in [-0.2, -0.15) is 0 Å². The third-order valence-corrected chi connectivity index (χ3v) is 5.47. The fourth-order valence-electron chi connectivity index (χ4n) is 2.99. The molecule has 0 bridgehead atoms. The van der Waals surface area contributed by atoms with E-state index < -0.39 is 24.5 Å². The Hall–Kier alpha value is -2.75. The predicted molar refractivity (Wildman–Crippen MR) is 98.8 cm³/mol. The molecule has 3 rings (SSSR count). The molecule has 9 nitrogen and oxygen atoms in total. The molecule has 0 spiro atoms. The fraction of sp³-hybridized carbons (Fsp3) is 0.471. The second-order valence-electron chi connectivity index (χ2n) is 6.19. The largest absolute Gasteiger partial charge is 0.456 e. The first kappa shape index (κ1) is 19.0. The van der Waals surface area contributed by atoms with Gasteiger partial charge < -0.3 is 15.0 Å². The van der Waals surface area contributed by atoms with Crippen LogP contribution in [0.1, 0.15) is 35.5 Å². The van der Waals surface area contributed by atoms with Gasteiger partial charge in [0.25, 0.3) is 11.5 Å². The quantitative estimate of drug-likeness (QED) is 0.645. The van der Waals surface area contributed by atoms with E-state index in [-0.39, 0.29) is 18.4 Å². The van der Waals surface area contributed by atoms with Crippen molar-refractivity contribution in [3.8, 4) is 0 Å². The van der Waals surface area contributed by atoms with Crippen molar-refractivity contribution >= 4 is 39.5 Å². The van der Waals surface area contributed by atoms with Gasteiger partial charge in [0, 0.05) is 18.3 Å². The van der Waals surface area contributed by atoms with Crippen LogP contribution in [-0.2, 0) is 33.6 Å². The molecule has 144 valence electrons. The number of H-pyrrole nitrogens is 1. The molecule has 0 fully saturated rings. The number of esters is 1. The number of amides is 3. The normalized spacial score (nSPS) is 13.1. The van der Waals surface area contributed by atoms with E-state index >= 15 is 0 Å². The number of nitrogens with one attached hydrogen (secondary N) is 3. The van der Waals surface area contributed by atoms with E-state index in [1.54, 1.807) is 11.3 Å². The highest BCUT2D eigenvalue weighted by molar-refractivity contribution is 7.18. The monoisotopic (exact) mass is 392 g/mol. The maximum Gasteiger partial charge on any atom is 0.321 e. The van der Waals surface area contributed by atoms with Gasteiger partial charge in [-0.25, -0.2) is 9.78 Å². The zero-order valence-electron chi connectivity index (χ0n) is 14.8. The lowest BCUT2D eigenvalue weighted by Gasteiger charge is -2.09. The van der Waals surface area contributed by atoms with Crippen LogP contribution in [-0.4, -0.2) is 41.5 Å². The number of thiophene rings is 1. The molecule has 0 unspecified atom stereocenters. The highest BCUT2D eigenvalue weighted by atomic mass is 32.1. The number of rotatable bonds is 5. The zero-order valence-corrected chi connectivity index (χ0v) is 15.7. The van der Waals surface area contributed by atoms with Crippen molar-refractivity contribution in [1.29, 1.82) is 0 Å². The maximum absolute atomic E-state index is 12.4. The summed E-state index contributed by atoms with van der Waals surface area (Å²) in [7, 11) is 1.36. The molecule has 0 radical (unpaired) electrons. The Labute approximate surface area is 158 Å². The van der Waals surface area contributed by atoms with Crippen molar-refractivity contribution in [3.05, 3.63) is 26.6 Å². The third kappa shape index (κ3) is 4.51. The van der Waals surface area contributed by atoms with Crippen LogP contribution in [0.2, 0.25) is 0 Å². The molecular formula is C17H20N4O5S. The zero-order chi connectivity index (χ0) is 19.4. The van der Waals surface area contributed by atoms with Gasteiger partial charge in [-0.15, -0.1) is 11.3 Å². The Morgan fingerprint density at radius 2 is 2.04 bits per heavy atom. The van der Waals surface area contributed by atoms with Crippen LogP contribution in [0.5, 0.6) is 0 Å². The van der Waals surface area contributed by atoms with Crippen LogP contribution in [0.4, 0.5) is 4.79 Å². The van der Waals surface area contributed by atoms with Gasteiger partial charge in [-0.3, -0.25) is 19.7 Å². The second-order valence-corrected chi connectivity index (χ2v) is 7.28. The minimum absolute atomic E-state index is 0.0349. The summed E-state index contributed by atoms with van der Waals surface area (Å²) in [5.41, 5.74) is 0.941. The van der Waals surface area contributed by atoms with E-state index in [0.717, 1.165) is 31.2 Å². The van der Waals surface area contributed by atoms with E-state index in [1.165, 1.54) is 11.9 Å². The first-order valence-electron chi connectivity index (χ1n) is 8.68. The Bertz CT molecular complexity index is 949. The number of ether oxygens (including phenoxy) is 1. The molecular weight excluding hydrogens is 372 g/mol. The number of nitrogens with zero attached hydrogens (tertiary/aromatic N) is 1. The summed E-state index contributed by atoms with van der Waals surface area (Å²) >= 11 is 1.55. The molecule has 2 aromatic rings. The molecule has 0 aliphatic heterocycles. The van der Waals surface area contributed by atoms with E-state index in [2.05, 4.69) is 15.3 Å². The van der Waals surface area contributed by atoms with Crippen molar-refractivity contribution < 1.29 is 19.1 Å². The van der Waals surface area contributed by atoms with Crippen LogP contribution in [0, 0.1) is 0 Å². The molecule has 1 aliphatic carbocycles. The van der Waals surface area contributed by atoms with Crippen LogP contribution < -0.4 is 16.2 Å². The minimum atomic E-state index is -0.722. The smallest absolute Gasteiger partial charge is 0.321 e. The number of aromatic nitrogens is 2. The number of fused-ring (bicyclic) bond motifs is 3. The highest BCUT2D eigenvalue weighted by Gasteiger charge is 2.20. The maximum atomic E-state index is 12.4. The van der Waals surface area contributed by atoms with Crippen LogP contribution >= 0.6 is 11.3 Å². The van der Waals surface area contributed by atoms with Gasteiger partial charge in [-0.05, 0) is 31.2 Å². The average molecular weight is 392 g/mol. The number of hydrogen-bond donors (Lipinski definition) is 3. The van der Waals surface area contributed by atoms with Gasteiger partial charge in [0.2, 0.25) is 0 Å². The van der Waals surface area contributed by atoms with Crippen molar-refractivity contribution in [2.75, 3.05) is 13.7 Å². The Kier molecular flexibility index (Phi) is 5.84. The summed E-state index contributed by atoms with van der Waals surface area (Å²) in [6.45, 7) is -0.549. The van der Waals surface area contributed by atoms with Gasteiger partial charge in [0.15, 0.2) is 6.61 Å². The summed E-state index contributed by atoms with van der Waals surface area (Å²) in [6.07, 6.45) is 4.26. The second kappa shape index (κ2) is 8.30. The number of urea groups is 1. The first-order chi connectivity index (χ1) is 13.0.